The SMILES string of the molecule is CCC(C)n1c(-c2ccccc2OC)ccc(C(C)N)c1=O. The average Bonchev–Trinajstić information content (AvgIpc) is 2.53. The zero-order chi connectivity index (χ0) is 16.3. The molecule has 2 unspecified atom stereocenters. The summed E-state index contributed by atoms with van der Waals surface area (Å²) in [5.41, 5.74) is 8.33. The van der Waals surface area contributed by atoms with Crippen molar-refractivity contribution in [1.82, 2.24) is 4.57 Å². The molecule has 2 rings (SSSR count). The Morgan fingerprint density at radius 2 is 1.86 bits per heavy atom. The van der Waals surface area contributed by atoms with Gasteiger partial charge in [0, 0.05) is 23.2 Å². The predicted octanol–water partition coefficient (Wildman–Crippen LogP) is 3.51. The summed E-state index contributed by atoms with van der Waals surface area (Å²) in [4.78, 5) is 12.8. The van der Waals surface area contributed by atoms with Gasteiger partial charge in [0.1, 0.15) is 5.75 Å². The van der Waals surface area contributed by atoms with Gasteiger partial charge in [0.05, 0.1) is 12.8 Å². The second-order valence-electron chi connectivity index (χ2n) is 5.60. The topological polar surface area (TPSA) is 57.2 Å². The van der Waals surface area contributed by atoms with Crippen LogP contribution in [0.5, 0.6) is 5.75 Å². The van der Waals surface area contributed by atoms with Gasteiger partial charge in [-0.25, -0.2) is 0 Å². The Balaban J connectivity index is 2.76. The molecule has 4 nitrogen and oxygen atoms in total. The number of nitrogens with zero attached hydrogens (tertiary/aromatic N) is 1. The summed E-state index contributed by atoms with van der Waals surface area (Å²) in [6.07, 6.45) is 0.866. The van der Waals surface area contributed by atoms with Crippen LogP contribution in [0.3, 0.4) is 0 Å². The molecular formula is C18H24N2O2. The quantitative estimate of drug-likeness (QED) is 0.919. The van der Waals surface area contributed by atoms with E-state index in [2.05, 4.69) is 6.92 Å². The van der Waals surface area contributed by atoms with E-state index in [0.717, 1.165) is 23.4 Å². The van der Waals surface area contributed by atoms with E-state index in [-0.39, 0.29) is 17.6 Å². The van der Waals surface area contributed by atoms with Crippen LogP contribution in [0.4, 0.5) is 0 Å². The highest BCUT2D eigenvalue weighted by atomic mass is 16.5. The molecule has 1 aromatic carbocycles. The summed E-state index contributed by atoms with van der Waals surface area (Å²) in [5.74, 6) is 0.757. The maximum atomic E-state index is 12.8. The molecule has 0 aliphatic rings. The van der Waals surface area contributed by atoms with Crippen LogP contribution >= 0.6 is 0 Å². The number of ether oxygens (including phenoxy) is 1. The average molecular weight is 300 g/mol. The van der Waals surface area contributed by atoms with Crippen molar-refractivity contribution in [2.24, 2.45) is 5.73 Å². The molecule has 0 spiro atoms. The van der Waals surface area contributed by atoms with Crippen LogP contribution in [-0.2, 0) is 0 Å². The van der Waals surface area contributed by atoms with Crippen molar-refractivity contribution in [3.05, 3.63) is 52.3 Å². The molecule has 4 heteroatoms. The molecule has 0 aliphatic heterocycles. The Morgan fingerprint density at radius 3 is 2.45 bits per heavy atom. The normalized spacial score (nSPS) is 13.7. The lowest BCUT2D eigenvalue weighted by atomic mass is 10.0. The molecule has 118 valence electrons. The smallest absolute Gasteiger partial charge is 0.256 e. The molecule has 22 heavy (non-hydrogen) atoms. The lowest BCUT2D eigenvalue weighted by molar-refractivity contribution is 0.415. The molecular weight excluding hydrogens is 276 g/mol. The summed E-state index contributed by atoms with van der Waals surface area (Å²) in [6.45, 7) is 5.95. The van der Waals surface area contributed by atoms with E-state index in [9.17, 15) is 4.79 Å². The third-order valence-electron chi connectivity index (χ3n) is 4.05. The summed E-state index contributed by atoms with van der Waals surface area (Å²) in [6, 6.07) is 11.3. The van der Waals surface area contributed by atoms with Crippen molar-refractivity contribution in [3.8, 4) is 17.0 Å². The van der Waals surface area contributed by atoms with Crippen LogP contribution < -0.4 is 16.0 Å². The Labute approximate surface area is 131 Å². The number of pyridine rings is 1. The minimum absolute atomic E-state index is 0.0206. The van der Waals surface area contributed by atoms with Crippen LogP contribution in [0.15, 0.2) is 41.2 Å². The first-order chi connectivity index (χ1) is 10.5. The highest BCUT2D eigenvalue weighted by molar-refractivity contribution is 5.67. The van der Waals surface area contributed by atoms with Crippen LogP contribution in [0.1, 0.15) is 44.8 Å². The van der Waals surface area contributed by atoms with Gasteiger partial charge < -0.3 is 15.0 Å². The second kappa shape index (κ2) is 6.79. The van der Waals surface area contributed by atoms with Crippen molar-refractivity contribution in [3.63, 3.8) is 0 Å². The van der Waals surface area contributed by atoms with Crippen LogP contribution in [0, 0.1) is 0 Å². The lowest BCUT2D eigenvalue weighted by Gasteiger charge is -2.22. The summed E-state index contributed by atoms with van der Waals surface area (Å²) in [7, 11) is 1.64. The number of nitrogens with two attached hydrogens (primary N) is 1. The van der Waals surface area contributed by atoms with Gasteiger partial charge in [-0.3, -0.25) is 4.79 Å². The van der Waals surface area contributed by atoms with Gasteiger partial charge in [-0.1, -0.05) is 19.1 Å². The van der Waals surface area contributed by atoms with Crippen LogP contribution in [-0.4, -0.2) is 11.7 Å². The number of aromatic nitrogens is 1. The molecule has 0 radical (unpaired) electrons. The number of benzene rings is 1. The Kier molecular flexibility index (Phi) is 5.03. The molecule has 0 fully saturated rings. The van der Waals surface area contributed by atoms with E-state index in [0.29, 0.717) is 5.56 Å². The number of para-hydroxylation sites is 1. The fourth-order valence-electron chi connectivity index (χ4n) is 2.61. The van der Waals surface area contributed by atoms with Crippen LogP contribution in [0.25, 0.3) is 11.3 Å². The first kappa shape index (κ1) is 16.3. The molecule has 0 saturated carbocycles. The van der Waals surface area contributed by atoms with Crippen molar-refractivity contribution < 1.29 is 4.74 Å². The third-order valence-corrected chi connectivity index (χ3v) is 4.05. The zero-order valence-electron chi connectivity index (χ0n) is 13.7. The molecule has 2 N–H and O–H groups in total. The van der Waals surface area contributed by atoms with Gasteiger partial charge in [0.15, 0.2) is 0 Å². The van der Waals surface area contributed by atoms with Crippen molar-refractivity contribution in [2.45, 2.75) is 39.3 Å². The number of hydrogen-bond acceptors (Lipinski definition) is 3. The molecule has 1 heterocycles. The summed E-state index contributed by atoms with van der Waals surface area (Å²) < 4.78 is 7.28. The van der Waals surface area contributed by atoms with Gasteiger partial charge >= 0.3 is 0 Å². The predicted molar refractivity (Wildman–Crippen MR) is 90.3 cm³/mol. The van der Waals surface area contributed by atoms with E-state index in [4.69, 9.17) is 10.5 Å². The first-order valence-electron chi connectivity index (χ1n) is 7.65. The Hall–Kier alpha value is -2.07. The van der Waals surface area contributed by atoms with Gasteiger partial charge in [-0.2, -0.15) is 0 Å². The van der Waals surface area contributed by atoms with Crippen molar-refractivity contribution in [2.75, 3.05) is 7.11 Å². The Morgan fingerprint density at radius 1 is 1.18 bits per heavy atom. The molecule has 0 aliphatic carbocycles. The monoisotopic (exact) mass is 300 g/mol. The number of methoxy groups -OCH3 is 1. The molecule has 0 amide bonds. The van der Waals surface area contributed by atoms with Gasteiger partial charge in [-0.05, 0) is 44.5 Å². The van der Waals surface area contributed by atoms with E-state index < -0.39 is 0 Å². The van der Waals surface area contributed by atoms with E-state index in [1.54, 1.807) is 7.11 Å². The zero-order valence-corrected chi connectivity index (χ0v) is 13.7. The van der Waals surface area contributed by atoms with Gasteiger partial charge in [0.2, 0.25) is 0 Å². The van der Waals surface area contributed by atoms with Gasteiger partial charge in [-0.15, -0.1) is 0 Å². The Bertz CT molecular complexity index is 704. The number of hydrogen-bond donors (Lipinski definition) is 1. The maximum absolute atomic E-state index is 12.8. The van der Waals surface area contributed by atoms with Crippen molar-refractivity contribution in [1.29, 1.82) is 0 Å². The number of rotatable bonds is 5. The van der Waals surface area contributed by atoms with E-state index in [1.165, 1.54) is 0 Å². The fraction of sp³-hybridized carbons (Fsp3) is 0.389. The first-order valence-corrected chi connectivity index (χ1v) is 7.65. The van der Waals surface area contributed by atoms with E-state index in [1.807, 2.05) is 54.8 Å². The molecule has 2 atom stereocenters. The highest BCUT2D eigenvalue weighted by Crippen LogP contribution is 2.31. The standard InChI is InChI=1S/C18H24N2O2/c1-5-12(2)20-16(11-10-14(13(3)19)18(20)21)15-8-6-7-9-17(15)22-4/h6-13H,5,19H2,1-4H3. The third kappa shape index (κ3) is 2.92. The molecule has 0 saturated heterocycles. The lowest BCUT2D eigenvalue weighted by Crippen LogP contribution is -2.30. The minimum Gasteiger partial charge on any atom is -0.496 e. The molecule has 0 bridgehead atoms. The highest BCUT2D eigenvalue weighted by Gasteiger charge is 2.18. The van der Waals surface area contributed by atoms with Crippen LogP contribution in [0.2, 0.25) is 0 Å². The fourth-order valence-corrected chi connectivity index (χ4v) is 2.61. The summed E-state index contributed by atoms with van der Waals surface area (Å²) >= 11 is 0. The maximum Gasteiger partial charge on any atom is 0.256 e. The summed E-state index contributed by atoms with van der Waals surface area (Å²) in [5, 5.41) is 0. The van der Waals surface area contributed by atoms with E-state index >= 15 is 0 Å². The largest absolute Gasteiger partial charge is 0.496 e. The molecule has 2 aromatic rings. The second-order valence-corrected chi connectivity index (χ2v) is 5.60. The molecule has 1 aromatic heterocycles. The van der Waals surface area contributed by atoms with Crippen molar-refractivity contribution >= 4 is 0 Å². The van der Waals surface area contributed by atoms with Gasteiger partial charge in [0.25, 0.3) is 5.56 Å². The minimum atomic E-state index is -0.283.